The number of hydrogen-bond acceptors (Lipinski definition) is 5. The fourth-order valence-electron chi connectivity index (χ4n) is 3.20. The van der Waals surface area contributed by atoms with Gasteiger partial charge in [-0.05, 0) is 24.1 Å². The van der Waals surface area contributed by atoms with Crippen molar-refractivity contribution in [3.05, 3.63) is 83.9 Å². The molecule has 1 unspecified atom stereocenters. The molecule has 0 aliphatic carbocycles. The van der Waals surface area contributed by atoms with E-state index in [2.05, 4.69) is 22.4 Å². The van der Waals surface area contributed by atoms with E-state index in [9.17, 15) is 4.79 Å². The number of ether oxygens (including phenoxy) is 2. The van der Waals surface area contributed by atoms with Gasteiger partial charge in [0.05, 0.1) is 17.1 Å². The third kappa shape index (κ3) is 3.55. The van der Waals surface area contributed by atoms with E-state index in [-0.39, 0.29) is 12.8 Å². The molecule has 2 aromatic carbocycles. The van der Waals surface area contributed by atoms with Gasteiger partial charge in [0.25, 0.3) is 5.91 Å². The Morgan fingerprint density at radius 3 is 2.74 bits per heavy atom. The van der Waals surface area contributed by atoms with Crippen LogP contribution in [-0.4, -0.2) is 23.7 Å². The summed E-state index contributed by atoms with van der Waals surface area (Å²) in [7, 11) is 0. The zero-order chi connectivity index (χ0) is 18.6. The topological polar surface area (TPSA) is 86.5 Å². The summed E-state index contributed by atoms with van der Waals surface area (Å²) in [6, 6.07) is 17.3. The fourth-order valence-corrected chi connectivity index (χ4v) is 3.20. The maximum Gasteiger partial charge on any atom is 0.250 e. The minimum absolute atomic E-state index is 0.127. The van der Waals surface area contributed by atoms with Crippen LogP contribution in [0.25, 0.3) is 10.9 Å². The molecule has 0 radical (unpaired) electrons. The highest BCUT2D eigenvalue weighted by Crippen LogP contribution is 2.27. The summed E-state index contributed by atoms with van der Waals surface area (Å²) in [5, 5.41) is 4.34. The Hall–Kier alpha value is -3.54. The first-order valence-corrected chi connectivity index (χ1v) is 8.65. The molecule has 0 bridgehead atoms. The van der Waals surface area contributed by atoms with Crippen LogP contribution in [0.4, 0.5) is 5.69 Å². The SMILES string of the molecule is NC(=O)c1cccc2c(NC(Cc3ccccc3)C3=COCO3)ccnc12. The number of amides is 1. The second-order valence-electron chi connectivity index (χ2n) is 6.26. The quantitative estimate of drug-likeness (QED) is 0.704. The molecule has 0 saturated carbocycles. The number of para-hydroxylation sites is 1. The number of benzene rings is 2. The van der Waals surface area contributed by atoms with Crippen molar-refractivity contribution < 1.29 is 14.3 Å². The normalized spacial score (nSPS) is 14.1. The molecule has 1 atom stereocenters. The third-order valence-corrected chi connectivity index (χ3v) is 4.49. The first kappa shape index (κ1) is 16.9. The summed E-state index contributed by atoms with van der Waals surface area (Å²) in [4.78, 5) is 16.1. The zero-order valence-corrected chi connectivity index (χ0v) is 14.6. The van der Waals surface area contributed by atoms with Crippen LogP contribution in [0.1, 0.15) is 15.9 Å². The summed E-state index contributed by atoms with van der Waals surface area (Å²) in [5.41, 5.74) is 8.48. The number of rotatable bonds is 6. The highest BCUT2D eigenvalue weighted by Gasteiger charge is 2.22. The molecule has 1 amide bonds. The Bertz CT molecular complexity index is 1000. The van der Waals surface area contributed by atoms with Crippen LogP contribution >= 0.6 is 0 Å². The van der Waals surface area contributed by atoms with E-state index in [1.165, 1.54) is 5.56 Å². The molecule has 2 heterocycles. The molecule has 0 fully saturated rings. The first-order chi connectivity index (χ1) is 13.2. The van der Waals surface area contributed by atoms with E-state index < -0.39 is 5.91 Å². The van der Waals surface area contributed by atoms with Crippen molar-refractivity contribution in [2.75, 3.05) is 12.1 Å². The van der Waals surface area contributed by atoms with Gasteiger partial charge in [0.2, 0.25) is 6.79 Å². The number of nitrogens with zero attached hydrogens (tertiary/aromatic N) is 1. The van der Waals surface area contributed by atoms with Crippen molar-refractivity contribution in [2.24, 2.45) is 5.73 Å². The van der Waals surface area contributed by atoms with Crippen molar-refractivity contribution in [2.45, 2.75) is 12.5 Å². The average molecular weight is 361 g/mol. The van der Waals surface area contributed by atoms with Crippen LogP contribution in [-0.2, 0) is 15.9 Å². The molecule has 27 heavy (non-hydrogen) atoms. The lowest BCUT2D eigenvalue weighted by Gasteiger charge is -2.21. The number of anilines is 1. The second-order valence-corrected chi connectivity index (χ2v) is 6.26. The van der Waals surface area contributed by atoms with Crippen LogP contribution in [0.3, 0.4) is 0 Å². The van der Waals surface area contributed by atoms with Crippen molar-refractivity contribution in [1.82, 2.24) is 4.98 Å². The number of nitrogens with two attached hydrogens (primary N) is 1. The maximum atomic E-state index is 11.7. The first-order valence-electron chi connectivity index (χ1n) is 8.65. The summed E-state index contributed by atoms with van der Waals surface area (Å²) in [6.07, 6.45) is 4.02. The van der Waals surface area contributed by atoms with Gasteiger partial charge in [0.1, 0.15) is 6.26 Å². The average Bonchev–Trinajstić information content (AvgIpc) is 3.23. The molecule has 4 rings (SSSR count). The summed E-state index contributed by atoms with van der Waals surface area (Å²) < 4.78 is 10.9. The Morgan fingerprint density at radius 2 is 2.00 bits per heavy atom. The number of carbonyl (C=O) groups is 1. The van der Waals surface area contributed by atoms with E-state index in [0.717, 1.165) is 23.3 Å². The molecule has 1 aliphatic heterocycles. The van der Waals surface area contributed by atoms with Crippen LogP contribution in [0, 0.1) is 0 Å². The van der Waals surface area contributed by atoms with Gasteiger partial charge in [-0.15, -0.1) is 0 Å². The maximum absolute atomic E-state index is 11.7. The largest absolute Gasteiger partial charge is 0.462 e. The molecule has 1 aromatic heterocycles. The highest BCUT2D eigenvalue weighted by molar-refractivity contribution is 6.07. The minimum atomic E-state index is -0.499. The molecule has 0 saturated heterocycles. The molecular formula is C21H19N3O3. The lowest BCUT2D eigenvalue weighted by molar-refractivity contribution is 0.0764. The molecule has 1 aliphatic rings. The molecule has 3 N–H and O–H groups in total. The summed E-state index contributed by atoms with van der Waals surface area (Å²) in [5.74, 6) is 0.233. The predicted molar refractivity (Wildman–Crippen MR) is 103 cm³/mol. The third-order valence-electron chi connectivity index (χ3n) is 4.49. The van der Waals surface area contributed by atoms with E-state index in [0.29, 0.717) is 11.1 Å². The van der Waals surface area contributed by atoms with Gasteiger partial charge in [0.15, 0.2) is 5.76 Å². The zero-order valence-electron chi connectivity index (χ0n) is 14.6. The van der Waals surface area contributed by atoms with Gasteiger partial charge in [-0.2, -0.15) is 0 Å². The number of pyridine rings is 1. The monoisotopic (exact) mass is 361 g/mol. The van der Waals surface area contributed by atoms with E-state index in [4.69, 9.17) is 15.2 Å². The van der Waals surface area contributed by atoms with Crippen LogP contribution in [0.2, 0.25) is 0 Å². The number of fused-ring (bicyclic) bond motifs is 1. The minimum Gasteiger partial charge on any atom is -0.462 e. The Labute approximate surface area is 156 Å². The Morgan fingerprint density at radius 1 is 1.15 bits per heavy atom. The predicted octanol–water partition coefficient (Wildman–Crippen LogP) is 3.20. The van der Waals surface area contributed by atoms with E-state index in [1.54, 1.807) is 24.6 Å². The van der Waals surface area contributed by atoms with Crippen molar-refractivity contribution in [1.29, 1.82) is 0 Å². The van der Waals surface area contributed by atoms with Gasteiger partial charge in [0, 0.05) is 17.3 Å². The van der Waals surface area contributed by atoms with Crippen LogP contribution < -0.4 is 11.1 Å². The number of primary amides is 1. The molecule has 136 valence electrons. The molecule has 0 spiro atoms. The number of aromatic nitrogens is 1. The van der Waals surface area contributed by atoms with Gasteiger partial charge in [-0.1, -0.05) is 42.5 Å². The molecule has 6 heteroatoms. The lowest BCUT2D eigenvalue weighted by atomic mass is 10.0. The summed E-state index contributed by atoms with van der Waals surface area (Å²) >= 11 is 0. The second kappa shape index (κ2) is 7.37. The lowest BCUT2D eigenvalue weighted by Crippen LogP contribution is -2.25. The van der Waals surface area contributed by atoms with Gasteiger partial charge in [-0.3, -0.25) is 9.78 Å². The highest BCUT2D eigenvalue weighted by atomic mass is 16.7. The van der Waals surface area contributed by atoms with Gasteiger partial charge in [-0.25, -0.2) is 0 Å². The smallest absolute Gasteiger partial charge is 0.250 e. The van der Waals surface area contributed by atoms with Crippen molar-refractivity contribution in [3.8, 4) is 0 Å². The van der Waals surface area contributed by atoms with Gasteiger partial charge < -0.3 is 20.5 Å². The standard InChI is InChI=1S/C21H19N3O3/c22-21(25)16-8-4-7-15-17(9-10-23-20(15)16)24-18(19-12-26-13-27-19)11-14-5-2-1-3-6-14/h1-10,12,18H,11,13H2,(H2,22,25)(H,23,24). The number of nitrogens with one attached hydrogen (secondary N) is 1. The van der Waals surface area contributed by atoms with Crippen LogP contribution in [0.5, 0.6) is 0 Å². The van der Waals surface area contributed by atoms with E-state index in [1.807, 2.05) is 30.3 Å². The molecular weight excluding hydrogens is 342 g/mol. The Kier molecular flexibility index (Phi) is 4.61. The number of hydrogen-bond donors (Lipinski definition) is 2. The van der Waals surface area contributed by atoms with Crippen LogP contribution in [0.15, 0.2) is 72.8 Å². The fraction of sp³-hybridized carbons (Fsp3) is 0.143. The number of carbonyl (C=O) groups excluding carboxylic acids is 1. The van der Waals surface area contributed by atoms with Crippen molar-refractivity contribution in [3.63, 3.8) is 0 Å². The van der Waals surface area contributed by atoms with E-state index >= 15 is 0 Å². The molecule has 3 aromatic rings. The molecule has 6 nitrogen and oxygen atoms in total. The summed E-state index contributed by atoms with van der Waals surface area (Å²) in [6.45, 7) is 0.214. The van der Waals surface area contributed by atoms with Crippen molar-refractivity contribution >= 4 is 22.5 Å². The van der Waals surface area contributed by atoms with Gasteiger partial charge >= 0.3 is 0 Å². The Balaban J connectivity index is 1.71.